The topological polar surface area (TPSA) is 56.9 Å². The van der Waals surface area contributed by atoms with Gasteiger partial charge in [-0.2, -0.15) is 0 Å². The minimum absolute atomic E-state index is 0.177. The number of carbonyl (C=O) groups is 1. The van der Waals surface area contributed by atoms with Crippen molar-refractivity contribution < 1.29 is 14.3 Å². The normalized spacial score (nSPS) is 18.9. The summed E-state index contributed by atoms with van der Waals surface area (Å²) in [5, 5.41) is 9.26. The molecule has 0 bridgehead atoms. The van der Waals surface area contributed by atoms with Crippen molar-refractivity contribution in [3.63, 3.8) is 0 Å². The Morgan fingerprint density at radius 2 is 2.06 bits per heavy atom. The van der Waals surface area contributed by atoms with Crippen molar-refractivity contribution >= 4 is 5.91 Å². The largest absolute Gasteiger partial charge is 0.465 e. The third-order valence-electron chi connectivity index (χ3n) is 3.22. The highest BCUT2D eigenvalue weighted by Crippen LogP contribution is 2.12. The predicted molar refractivity (Wildman–Crippen MR) is 67.0 cm³/mol. The van der Waals surface area contributed by atoms with E-state index in [1.54, 1.807) is 4.90 Å². The molecular formula is C13H20N2O3. The van der Waals surface area contributed by atoms with Gasteiger partial charge in [0, 0.05) is 26.2 Å². The second-order valence-corrected chi connectivity index (χ2v) is 4.79. The summed E-state index contributed by atoms with van der Waals surface area (Å²) in [6.45, 7) is 7.21. The lowest BCUT2D eigenvalue weighted by Crippen LogP contribution is -2.50. The zero-order valence-corrected chi connectivity index (χ0v) is 10.9. The Kier molecular flexibility index (Phi) is 4.04. The molecule has 1 aliphatic heterocycles. The molecule has 0 saturated carbocycles. The maximum absolute atomic E-state index is 11.6. The highest BCUT2D eigenvalue weighted by molar-refractivity contribution is 5.80. The molecule has 18 heavy (non-hydrogen) atoms. The molecule has 1 fully saturated rings. The lowest BCUT2D eigenvalue weighted by atomic mass is 10.2. The number of amides is 1. The molecule has 1 saturated heterocycles. The molecule has 100 valence electrons. The van der Waals surface area contributed by atoms with Crippen molar-refractivity contribution in [2.24, 2.45) is 0 Å². The van der Waals surface area contributed by atoms with Gasteiger partial charge in [-0.25, -0.2) is 0 Å². The van der Waals surface area contributed by atoms with Crippen LogP contribution in [0.4, 0.5) is 0 Å². The molecule has 0 spiro atoms. The first-order valence-corrected chi connectivity index (χ1v) is 6.31. The van der Waals surface area contributed by atoms with Crippen LogP contribution in [0.25, 0.3) is 0 Å². The molecule has 1 amide bonds. The van der Waals surface area contributed by atoms with Crippen LogP contribution in [0.1, 0.15) is 18.4 Å². The van der Waals surface area contributed by atoms with Crippen LogP contribution in [0, 0.1) is 6.92 Å². The number of aryl methyl sites for hydroxylation is 1. The first kappa shape index (κ1) is 13.1. The van der Waals surface area contributed by atoms with Crippen LogP contribution in [-0.4, -0.2) is 53.1 Å². The van der Waals surface area contributed by atoms with Gasteiger partial charge in [0.2, 0.25) is 0 Å². The Morgan fingerprint density at radius 1 is 1.39 bits per heavy atom. The number of piperazine rings is 1. The van der Waals surface area contributed by atoms with E-state index >= 15 is 0 Å². The number of hydrogen-bond donors (Lipinski definition) is 1. The molecule has 5 nitrogen and oxygen atoms in total. The van der Waals surface area contributed by atoms with E-state index in [4.69, 9.17) is 4.42 Å². The Labute approximate surface area is 107 Å². The summed E-state index contributed by atoms with van der Waals surface area (Å²) in [7, 11) is 0. The van der Waals surface area contributed by atoms with Gasteiger partial charge in [0.15, 0.2) is 0 Å². The molecule has 1 aromatic rings. The highest BCUT2D eigenvalue weighted by Gasteiger charge is 2.23. The highest BCUT2D eigenvalue weighted by atomic mass is 16.3. The van der Waals surface area contributed by atoms with Gasteiger partial charge >= 0.3 is 0 Å². The van der Waals surface area contributed by atoms with Crippen LogP contribution in [0.3, 0.4) is 0 Å². The van der Waals surface area contributed by atoms with Crippen LogP contribution >= 0.6 is 0 Å². The zero-order chi connectivity index (χ0) is 13.1. The molecule has 0 aromatic carbocycles. The number of nitrogens with zero attached hydrogens (tertiary/aromatic N) is 2. The fourth-order valence-electron chi connectivity index (χ4n) is 2.18. The molecule has 2 heterocycles. The molecule has 2 rings (SSSR count). The van der Waals surface area contributed by atoms with Crippen LogP contribution in [0.5, 0.6) is 0 Å². The minimum Gasteiger partial charge on any atom is -0.465 e. The molecule has 1 N–H and O–H groups in total. The monoisotopic (exact) mass is 252 g/mol. The van der Waals surface area contributed by atoms with Crippen LogP contribution < -0.4 is 0 Å². The van der Waals surface area contributed by atoms with Gasteiger partial charge in [0.25, 0.3) is 5.91 Å². The van der Waals surface area contributed by atoms with Gasteiger partial charge in [-0.3, -0.25) is 9.69 Å². The van der Waals surface area contributed by atoms with Gasteiger partial charge < -0.3 is 14.4 Å². The van der Waals surface area contributed by atoms with Gasteiger partial charge in [0.1, 0.15) is 17.6 Å². The Balaban J connectivity index is 1.82. The lowest BCUT2D eigenvalue weighted by molar-refractivity contribution is -0.141. The number of furan rings is 1. The number of aliphatic hydroxyl groups is 1. The number of hydrogen-bond acceptors (Lipinski definition) is 4. The van der Waals surface area contributed by atoms with Crippen molar-refractivity contribution in [2.75, 3.05) is 26.2 Å². The van der Waals surface area contributed by atoms with Crippen molar-refractivity contribution in [1.82, 2.24) is 9.80 Å². The average Bonchev–Trinajstić information content (AvgIpc) is 2.75. The van der Waals surface area contributed by atoms with E-state index < -0.39 is 6.10 Å². The van der Waals surface area contributed by atoms with E-state index in [1.165, 1.54) is 6.92 Å². The Morgan fingerprint density at radius 3 is 2.56 bits per heavy atom. The Hall–Kier alpha value is -1.33. The maximum atomic E-state index is 11.6. The first-order chi connectivity index (χ1) is 8.56. The minimum atomic E-state index is -0.899. The molecule has 5 heteroatoms. The summed E-state index contributed by atoms with van der Waals surface area (Å²) >= 11 is 0. The second kappa shape index (κ2) is 5.54. The van der Waals surface area contributed by atoms with Gasteiger partial charge in [-0.05, 0) is 26.0 Å². The SMILES string of the molecule is Cc1ccc(CN2CCN(C(=O)C(C)O)CC2)o1. The maximum Gasteiger partial charge on any atom is 0.251 e. The summed E-state index contributed by atoms with van der Waals surface area (Å²) in [6.07, 6.45) is -0.899. The van der Waals surface area contributed by atoms with Crippen molar-refractivity contribution in [3.05, 3.63) is 23.7 Å². The standard InChI is InChI=1S/C13H20N2O3/c1-10-3-4-12(18-10)9-14-5-7-15(8-6-14)13(17)11(2)16/h3-4,11,16H,5-9H2,1-2H3. The number of rotatable bonds is 3. The summed E-state index contributed by atoms with van der Waals surface area (Å²) in [5.41, 5.74) is 0. The smallest absolute Gasteiger partial charge is 0.251 e. The first-order valence-electron chi connectivity index (χ1n) is 6.31. The van der Waals surface area contributed by atoms with Crippen LogP contribution in [-0.2, 0) is 11.3 Å². The number of aliphatic hydroxyl groups excluding tert-OH is 1. The summed E-state index contributed by atoms with van der Waals surface area (Å²) in [6, 6.07) is 3.95. The molecule has 1 aromatic heterocycles. The van der Waals surface area contributed by atoms with Gasteiger partial charge in [-0.1, -0.05) is 0 Å². The third-order valence-corrected chi connectivity index (χ3v) is 3.22. The molecule has 0 aliphatic carbocycles. The fraction of sp³-hybridized carbons (Fsp3) is 0.615. The van der Waals surface area contributed by atoms with E-state index in [1.807, 2.05) is 19.1 Å². The average molecular weight is 252 g/mol. The second-order valence-electron chi connectivity index (χ2n) is 4.79. The van der Waals surface area contributed by atoms with Crippen molar-refractivity contribution in [1.29, 1.82) is 0 Å². The molecule has 1 aliphatic rings. The molecular weight excluding hydrogens is 232 g/mol. The van der Waals surface area contributed by atoms with Crippen molar-refractivity contribution in [3.8, 4) is 0 Å². The summed E-state index contributed by atoms with van der Waals surface area (Å²) in [5.74, 6) is 1.71. The quantitative estimate of drug-likeness (QED) is 0.856. The summed E-state index contributed by atoms with van der Waals surface area (Å²) in [4.78, 5) is 15.6. The van der Waals surface area contributed by atoms with Crippen LogP contribution in [0.2, 0.25) is 0 Å². The predicted octanol–water partition coefficient (Wildman–Crippen LogP) is 0.613. The van der Waals surface area contributed by atoms with Gasteiger partial charge in [-0.15, -0.1) is 0 Å². The van der Waals surface area contributed by atoms with E-state index in [2.05, 4.69) is 4.90 Å². The van der Waals surface area contributed by atoms with E-state index in [-0.39, 0.29) is 5.91 Å². The molecule has 1 atom stereocenters. The zero-order valence-electron chi connectivity index (χ0n) is 10.9. The van der Waals surface area contributed by atoms with E-state index in [0.717, 1.165) is 31.2 Å². The van der Waals surface area contributed by atoms with Crippen LogP contribution in [0.15, 0.2) is 16.5 Å². The lowest BCUT2D eigenvalue weighted by Gasteiger charge is -2.34. The van der Waals surface area contributed by atoms with E-state index in [0.29, 0.717) is 13.1 Å². The number of carbonyl (C=O) groups excluding carboxylic acids is 1. The van der Waals surface area contributed by atoms with Gasteiger partial charge in [0.05, 0.1) is 6.54 Å². The van der Waals surface area contributed by atoms with E-state index in [9.17, 15) is 9.90 Å². The molecule has 0 radical (unpaired) electrons. The molecule has 1 unspecified atom stereocenters. The summed E-state index contributed by atoms with van der Waals surface area (Å²) < 4.78 is 5.54. The third kappa shape index (κ3) is 3.11. The fourth-order valence-corrected chi connectivity index (χ4v) is 2.18. The van der Waals surface area contributed by atoms with Crippen molar-refractivity contribution in [2.45, 2.75) is 26.5 Å². The Bertz CT molecular complexity index is 406.